The Bertz CT molecular complexity index is 186. The smallest absolute Gasteiger partial charge is 0.225 e. The number of hydrogen-bond acceptors (Lipinski definition) is 2. The molecule has 3 heteroatoms. The summed E-state index contributed by atoms with van der Waals surface area (Å²) in [7, 11) is 0. The normalized spacial score (nSPS) is 18.6. The minimum absolute atomic E-state index is 0.109. The van der Waals surface area contributed by atoms with Crippen molar-refractivity contribution < 1.29 is 9.53 Å². The zero-order valence-electron chi connectivity index (χ0n) is 9.45. The third kappa shape index (κ3) is 2.71. The second kappa shape index (κ2) is 5.35. The molecule has 14 heavy (non-hydrogen) atoms. The molecule has 1 amide bonds. The van der Waals surface area contributed by atoms with E-state index in [1.54, 1.807) is 0 Å². The third-order valence-corrected chi connectivity index (χ3v) is 2.75. The summed E-state index contributed by atoms with van der Waals surface area (Å²) in [5.74, 6) is 0.386. The summed E-state index contributed by atoms with van der Waals surface area (Å²) in [6.45, 7) is 8.39. The summed E-state index contributed by atoms with van der Waals surface area (Å²) in [6.07, 6.45) is 1.98. The highest BCUT2D eigenvalue weighted by Gasteiger charge is 2.25. The van der Waals surface area contributed by atoms with Crippen molar-refractivity contribution in [2.75, 3.05) is 19.8 Å². The van der Waals surface area contributed by atoms with E-state index in [-0.39, 0.29) is 11.8 Å². The molecular formula is C11H21NO2. The topological polar surface area (TPSA) is 29.5 Å². The Balaban J connectivity index is 2.55. The van der Waals surface area contributed by atoms with Crippen LogP contribution in [0.25, 0.3) is 0 Å². The van der Waals surface area contributed by atoms with Gasteiger partial charge in [0.1, 0.15) is 0 Å². The van der Waals surface area contributed by atoms with Gasteiger partial charge >= 0.3 is 0 Å². The summed E-state index contributed by atoms with van der Waals surface area (Å²) in [5, 5.41) is 0. The van der Waals surface area contributed by atoms with Crippen LogP contribution in [0, 0.1) is 5.92 Å². The SMILES string of the molecule is CCN(C(=O)C(C)C)C1CCOCC1. The van der Waals surface area contributed by atoms with Gasteiger partial charge in [-0.15, -0.1) is 0 Å². The van der Waals surface area contributed by atoms with E-state index in [9.17, 15) is 4.79 Å². The van der Waals surface area contributed by atoms with E-state index in [1.807, 2.05) is 18.7 Å². The maximum absolute atomic E-state index is 11.9. The minimum Gasteiger partial charge on any atom is -0.381 e. The standard InChI is InChI=1S/C11H21NO2/c1-4-12(11(13)9(2)3)10-5-7-14-8-6-10/h9-10H,4-8H2,1-3H3. The molecule has 0 aromatic heterocycles. The molecular weight excluding hydrogens is 178 g/mol. The first-order valence-corrected chi connectivity index (χ1v) is 5.55. The van der Waals surface area contributed by atoms with Crippen LogP contribution in [0.4, 0.5) is 0 Å². The number of carbonyl (C=O) groups is 1. The van der Waals surface area contributed by atoms with E-state index in [0.29, 0.717) is 6.04 Å². The molecule has 0 aromatic carbocycles. The molecule has 0 aromatic rings. The van der Waals surface area contributed by atoms with Crippen LogP contribution in [0.3, 0.4) is 0 Å². The Kier molecular flexibility index (Phi) is 4.39. The Labute approximate surface area is 86.4 Å². The molecule has 0 saturated carbocycles. The van der Waals surface area contributed by atoms with Crippen molar-refractivity contribution >= 4 is 5.91 Å². The number of nitrogens with zero attached hydrogens (tertiary/aromatic N) is 1. The van der Waals surface area contributed by atoms with Gasteiger partial charge in [-0.1, -0.05) is 13.8 Å². The van der Waals surface area contributed by atoms with E-state index in [0.717, 1.165) is 32.6 Å². The first kappa shape index (κ1) is 11.5. The Morgan fingerprint density at radius 3 is 2.43 bits per heavy atom. The van der Waals surface area contributed by atoms with Crippen LogP contribution in [0.1, 0.15) is 33.6 Å². The van der Waals surface area contributed by atoms with Gasteiger partial charge in [0.15, 0.2) is 0 Å². The van der Waals surface area contributed by atoms with Crippen molar-refractivity contribution in [3.8, 4) is 0 Å². The van der Waals surface area contributed by atoms with Crippen LogP contribution in [0.5, 0.6) is 0 Å². The average Bonchev–Trinajstić information content (AvgIpc) is 2.20. The number of amides is 1. The van der Waals surface area contributed by atoms with Gasteiger partial charge in [-0.25, -0.2) is 0 Å². The molecule has 82 valence electrons. The molecule has 0 spiro atoms. The zero-order valence-corrected chi connectivity index (χ0v) is 9.45. The van der Waals surface area contributed by atoms with Gasteiger partial charge in [0.2, 0.25) is 5.91 Å². The molecule has 1 heterocycles. The summed E-state index contributed by atoms with van der Waals surface area (Å²) in [6, 6.07) is 0.406. The molecule has 0 aliphatic carbocycles. The highest BCUT2D eigenvalue weighted by molar-refractivity contribution is 5.78. The Hall–Kier alpha value is -0.570. The highest BCUT2D eigenvalue weighted by Crippen LogP contribution is 2.16. The molecule has 1 saturated heterocycles. The highest BCUT2D eigenvalue weighted by atomic mass is 16.5. The molecule has 0 atom stereocenters. The molecule has 0 bridgehead atoms. The lowest BCUT2D eigenvalue weighted by atomic mass is 10.0. The fourth-order valence-electron chi connectivity index (χ4n) is 1.92. The lowest BCUT2D eigenvalue weighted by molar-refractivity contribution is -0.138. The van der Waals surface area contributed by atoms with Gasteiger partial charge in [0.05, 0.1) is 0 Å². The summed E-state index contributed by atoms with van der Waals surface area (Å²) >= 11 is 0. The van der Waals surface area contributed by atoms with Gasteiger partial charge in [0, 0.05) is 31.7 Å². The maximum atomic E-state index is 11.9. The molecule has 1 fully saturated rings. The molecule has 3 nitrogen and oxygen atoms in total. The quantitative estimate of drug-likeness (QED) is 0.692. The van der Waals surface area contributed by atoms with Crippen LogP contribution >= 0.6 is 0 Å². The molecule has 1 aliphatic rings. The molecule has 0 unspecified atom stereocenters. The Morgan fingerprint density at radius 1 is 1.43 bits per heavy atom. The predicted molar refractivity (Wildman–Crippen MR) is 56.1 cm³/mol. The van der Waals surface area contributed by atoms with Crippen molar-refractivity contribution in [3.05, 3.63) is 0 Å². The van der Waals surface area contributed by atoms with E-state index >= 15 is 0 Å². The minimum atomic E-state index is 0.109. The molecule has 0 N–H and O–H groups in total. The van der Waals surface area contributed by atoms with Crippen LogP contribution in [0.2, 0.25) is 0 Å². The zero-order chi connectivity index (χ0) is 10.6. The van der Waals surface area contributed by atoms with Crippen molar-refractivity contribution in [2.45, 2.75) is 39.7 Å². The first-order valence-electron chi connectivity index (χ1n) is 5.55. The third-order valence-electron chi connectivity index (χ3n) is 2.75. The second-order valence-corrected chi connectivity index (χ2v) is 4.12. The molecule has 0 radical (unpaired) electrons. The van der Waals surface area contributed by atoms with Crippen molar-refractivity contribution in [3.63, 3.8) is 0 Å². The van der Waals surface area contributed by atoms with Crippen LogP contribution in [0.15, 0.2) is 0 Å². The summed E-state index contributed by atoms with van der Waals surface area (Å²) in [5.41, 5.74) is 0. The largest absolute Gasteiger partial charge is 0.381 e. The number of carbonyl (C=O) groups excluding carboxylic acids is 1. The summed E-state index contributed by atoms with van der Waals surface area (Å²) in [4.78, 5) is 13.9. The average molecular weight is 199 g/mol. The first-order chi connectivity index (χ1) is 6.66. The number of hydrogen-bond donors (Lipinski definition) is 0. The predicted octanol–water partition coefficient (Wildman–Crippen LogP) is 1.67. The second-order valence-electron chi connectivity index (χ2n) is 4.12. The van der Waals surface area contributed by atoms with Crippen LogP contribution < -0.4 is 0 Å². The fraction of sp³-hybridized carbons (Fsp3) is 0.909. The van der Waals surface area contributed by atoms with Crippen LogP contribution in [-0.4, -0.2) is 36.6 Å². The van der Waals surface area contributed by atoms with Crippen molar-refractivity contribution in [1.82, 2.24) is 4.90 Å². The van der Waals surface area contributed by atoms with Crippen molar-refractivity contribution in [1.29, 1.82) is 0 Å². The number of ether oxygens (including phenoxy) is 1. The number of rotatable bonds is 3. The fourth-order valence-corrected chi connectivity index (χ4v) is 1.92. The van der Waals surface area contributed by atoms with Crippen LogP contribution in [-0.2, 0) is 9.53 Å². The summed E-state index contributed by atoms with van der Waals surface area (Å²) < 4.78 is 5.30. The van der Waals surface area contributed by atoms with E-state index < -0.39 is 0 Å². The van der Waals surface area contributed by atoms with E-state index in [4.69, 9.17) is 4.74 Å². The van der Waals surface area contributed by atoms with E-state index in [1.165, 1.54) is 0 Å². The van der Waals surface area contributed by atoms with Crippen molar-refractivity contribution in [2.24, 2.45) is 5.92 Å². The monoisotopic (exact) mass is 199 g/mol. The van der Waals surface area contributed by atoms with Gasteiger partial charge in [0.25, 0.3) is 0 Å². The molecule has 1 rings (SSSR count). The molecule has 1 aliphatic heterocycles. The lowest BCUT2D eigenvalue weighted by Crippen LogP contribution is -2.45. The van der Waals surface area contributed by atoms with E-state index in [2.05, 4.69) is 6.92 Å². The van der Waals surface area contributed by atoms with Gasteiger partial charge < -0.3 is 9.64 Å². The van der Waals surface area contributed by atoms with Gasteiger partial charge in [-0.05, 0) is 19.8 Å². The van der Waals surface area contributed by atoms with Gasteiger partial charge in [-0.2, -0.15) is 0 Å². The maximum Gasteiger partial charge on any atom is 0.225 e. The van der Waals surface area contributed by atoms with Gasteiger partial charge in [-0.3, -0.25) is 4.79 Å². The Morgan fingerprint density at radius 2 is 2.00 bits per heavy atom. The lowest BCUT2D eigenvalue weighted by Gasteiger charge is -2.34.